The number of amides is 1. The van der Waals surface area contributed by atoms with Gasteiger partial charge in [0.15, 0.2) is 0 Å². The molecule has 1 fully saturated rings. The van der Waals surface area contributed by atoms with E-state index in [0.29, 0.717) is 24.1 Å². The second-order valence-corrected chi connectivity index (χ2v) is 8.41. The third kappa shape index (κ3) is 8.26. The zero-order chi connectivity index (χ0) is 25.4. The van der Waals surface area contributed by atoms with Gasteiger partial charge in [0.05, 0.1) is 0 Å². The van der Waals surface area contributed by atoms with E-state index in [1.807, 2.05) is 42.5 Å². The molecule has 1 saturated carbocycles. The van der Waals surface area contributed by atoms with Crippen LogP contribution in [0.2, 0.25) is 0 Å². The van der Waals surface area contributed by atoms with Gasteiger partial charge in [-0.25, -0.2) is 4.79 Å². The maximum Gasteiger partial charge on any atom is 0.490 e. The second-order valence-electron chi connectivity index (χ2n) is 8.41. The van der Waals surface area contributed by atoms with Gasteiger partial charge in [-0.15, -0.1) is 0 Å². The number of carboxylic acid groups (broad SMARTS) is 1. The van der Waals surface area contributed by atoms with Gasteiger partial charge in [0.25, 0.3) is 5.91 Å². The minimum Gasteiger partial charge on any atom is -0.475 e. The van der Waals surface area contributed by atoms with E-state index in [-0.39, 0.29) is 5.91 Å². The number of carbonyl (C=O) groups excluding carboxylic acids is 1. The van der Waals surface area contributed by atoms with Crippen molar-refractivity contribution in [2.75, 3.05) is 0 Å². The topological polar surface area (TPSA) is 78.4 Å². The van der Waals surface area contributed by atoms with E-state index in [1.54, 1.807) is 0 Å². The van der Waals surface area contributed by atoms with Crippen LogP contribution in [0, 0.1) is 6.92 Å². The molecule has 0 saturated heterocycles. The molecule has 0 aliphatic heterocycles. The summed E-state index contributed by atoms with van der Waals surface area (Å²) in [4.78, 5) is 21.2. The fourth-order valence-electron chi connectivity index (χ4n) is 3.51. The predicted octanol–water partition coefficient (Wildman–Crippen LogP) is 5.20. The molecular formula is C27H27F3N2O3. The van der Waals surface area contributed by atoms with Gasteiger partial charge in [0, 0.05) is 30.6 Å². The lowest BCUT2D eigenvalue weighted by atomic mass is 10.1. The van der Waals surface area contributed by atoms with Crippen molar-refractivity contribution in [1.82, 2.24) is 10.6 Å². The summed E-state index contributed by atoms with van der Waals surface area (Å²) in [6, 6.07) is 27.2. The van der Waals surface area contributed by atoms with E-state index in [1.165, 1.54) is 16.7 Å². The van der Waals surface area contributed by atoms with Gasteiger partial charge in [0.2, 0.25) is 0 Å². The Kier molecular flexibility index (Phi) is 8.65. The number of benzene rings is 3. The molecule has 3 aromatic rings. The Bertz CT molecular complexity index is 1120. The molecular weight excluding hydrogens is 457 g/mol. The number of nitrogens with one attached hydrogen (secondary N) is 2. The molecule has 1 aliphatic carbocycles. The first-order valence-electron chi connectivity index (χ1n) is 11.1. The number of rotatable bonds is 7. The largest absolute Gasteiger partial charge is 0.490 e. The minimum atomic E-state index is -5.08. The summed E-state index contributed by atoms with van der Waals surface area (Å²) in [6.07, 6.45) is -3.93. The smallest absolute Gasteiger partial charge is 0.475 e. The van der Waals surface area contributed by atoms with Crippen LogP contribution in [-0.2, 0) is 17.9 Å². The van der Waals surface area contributed by atoms with Gasteiger partial charge in [-0.3, -0.25) is 4.79 Å². The molecule has 8 heteroatoms. The first-order chi connectivity index (χ1) is 16.6. The van der Waals surface area contributed by atoms with Crippen molar-refractivity contribution in [1.29, 1.82) is 0 Å². The summed E-state index contributed by atoms with van der Waals surface area (Å²) in [5.74, 6) is -2.24. The average Bonchev–Trinajstić information content (AvgIpc) is 3.62. The maximum absolute atomic E-state index is 12.3. The summed E-state index contributed by atoms with van der Waals surface area (Å²) >= 11 is 0. The number of halogens is 3. The van der Waals surface area contributed by atoms with Crippen molar-refractivity contribution in [2.24, 2.45) is 0 Å². The van der Waals surface area contributed by atoms with Crippen molar-refractivity contribution in [3.8, 4) is 0 Å². The number of alkyl halides is 3. The molecule has 184 valence electrons. The fourth-order valence-corrected chi connectivity index (χ4v) is 3.51. The zero-order valence-corrected chi connectivity index (χ0v) is 19.2. The quantitative estimate of drug-likeness (QED) is 0.431. The zero-order valence-electron chi connectivity index (χ0n) is 19.2. The van der Waals surface area contributed by atoms with Crippen LogP contribution in [0.1, 0.15) is 45.0 Å². The summed E-state index contributed by atoms with van der Waals surface area (Å²) in [6.45, 7) is 3.57. The fraction of sp³-hybridized carbons (Fsp3) is 0.259. The minimum absolute atomic E-state index is 0.0275. The van der Waals surface area contributed by atoms with E-state index >= 15 is 0 Å². The van der Waals surface area contributed by atoms with Crippen LogP contribution < -0.4 is 10.6 Å². The number of aliphatic carboxylic acids is 1. The second kappa shape index (κ2) is 11.7. The third-order valence-corrected chi connectivity index (χ3v) is 5.62. The van der Waals surface area contributed by atoms with E-state index in [9.17, 15) is 18.0 Å². The van der Waals surface area contributed by atoms with E-state index in [2.05, 4.69) is 54.0 Å². The molecule has 0 heterocycles. The van der Waals surface area contributed by atoms with Crippen molar-refractivity contribution in [2.45, 2.75) is 44.6 Å². The summed E-state index contributed by atoms with van der Waals surface area (Å²) < 4.78 is 31.7. The van der Waals surface area contributed by atoms with Crippen LogP contribution in [0.4, 0.5) is 13.2 Å². The SMILES string of the molecule is Cc1ccc(CNC2CC2c2ccc(C(=O)NCc3ccccc3)cc2)cc1.O=C(O)C(F)(F)F. The van der Waals surface area contributed by atoms with Crippen molar-refractivity contribution >= 4 is 11.9 Å². The molecule has 2 unspecified atom stereocenters. The van der Waals surface area contributed by atoms with Gasteiger partial charge in [-0.2, -0.15) is 13.2 Å². The standard InChI is InChI=1S/C25H26N2O.C2HF3O2/c1-18-7-9-20(10-8-18)16-26-24-15-23(24)21-11-13-22(14-12-21)25(28)27-17-19-5-3-2-4-6-19;3-2(4,5)1(6)7/h2-14,23-24,26H,15-17H2,1H3,(H,27,28);(H,6,7). The maximum atomic E-state index is 12.3. The van der Waals surface area contributed by atoms with Gasteiger partial charge in [0.1, 0.15) is 0 Å². The lowest BCUT2D eigenvalue weighted by Gasteiger charge is -2.07. The molecule has 0 bridgehead atoms. The molecule has 5 nitrogen and oxygen atoms in total. The van der Waals surface area contributed by atoms with Gasteiger partial charge in [-0.05, 0) is 42.2 Å². The molecule has 0 aromatic heterocycles. The molecule has 3 aromatic carbocycles. The van der Waals surface area contributed by atoms with Gasteiger partial charge >= 0.3 is 12.1 Å². The molecule has 4 rings (SSSR count). The van der Waals surface area contributed by atoms with Crippen LogP contribution in [0.3, 0.4) is 0 Å². The Morgan fingerprint density at radius 3 is 2.03 bits per heavy atom. The van der Waals surface area contributed by atoms with E-state index in [0.717, 1.165) is 18.5 Å². The number of aryl methyl sites for hydroxylation is 1. The number of carbonyl (C=O) groups is 2. The molecule has 1 aliphatic rings. The Labute approximate surface area is 202 Å². The third-order valence-electron chi connectivity index (χ3n) is 5.62. The Morgan fingerprint density at radius 1 is 0.886 bits per heavy atom. The normalized spacial score (nSPS) is 16.6. The monoisotopic (exact) mass is 484 g/mol. The molecule has 1 amide bonds. The lowest BCUT2D eigenvalue weighted by Crippen LogP contribution is -2.22. The van der Waals surface area contributed by atoms with Crippen LogP contribution in [0.15, 0.2) is 78.9 Å². The first kappa shape index (κ1) is 26.0. The number of hydrogen-bond donors (Lipinski definition) is 3. The highest BCUT2D eigenvalue weighted by Crippen LogP contribution is 2.41. The summed E-state index contributed by atoms with van der Waals surface area (Å²) in [5.41, 5.74) is 5.74. The lowest BCUT2D eigenvalue weighted by molar-refractivity contribution is -0.192. The molecule has 0 radical (unpaired) electrons. The van der Waals surface area contributed by atoms with Crippen molar-refractivity contribution in [3.05, 3.63) is 107 Å². The molecule has 35 heavy (non-hydrogen) atoms. The van der Waals surface area contributed by atoms with Gasteiger partial charge in [-0.1, -0.05) is 72.3 Å². The Morgan fingerprint density at radius 2 is 1.46 bits per heavy atom. The average molecular weight is 485 g/mol. The highest BCUT2D eigenvalue weighted by molar-refractivity contribution is 5.94. The van der Waals surface area contributed by atoms with Crippen LogP contribution in [0.25, 0.3) is 0 Å². The van der Waals surface area contributed by atoms with Crippen molar-refractivity contribution in [3.63, 3.8) is 0 Å². The van der Waals surface area contributed by atoms with Crippen LogP contribution in [0.5, 0.6) is 0 Å². The summed E-state index contributed by atoms with van der Waals surface area (Å²) in [5, 5.41) is 13.7. The van der Waals surface area contributed by atoms with Crippen molar-refractivity contribution < 1.29 is 27.9 Å². The molecule has 3 N–H and O–H groups in total. The number of carboxylic acids is 1. The van der Waals surface area contributed by atoms with E-state index < -0.39 is 12.1 Å². The van der Waals surface area contributed by atoms with E-state index in [4.69, 9.17) is 9.90 Å². The summed E-state index contributed by atoms with van der Waals surface area (Å²) in [7, 11) is 0. The molecule has 2 atom stereocenters. The van der Waals surface area contributed by atoms with Crippen LogP contribution >= 0.6 is 0 Å². The Hall–Kier alpha value is -3.65. The Balaban J connectivity index is 0.000000429. The highest BCUT2D eigenvalue weighted by atomic mass is 19.4. The first-order valence-corrected chi connectivity index (χ1v) is 11.1. The van der Waals surface area contributed by atoms with Gasteiger partial charge < -0.3 is 15.7 Å². The van der Waals surface area contributed by atoms with Crippen LogP contribution in [-0.4, -0.2) is 29.2 Å². The number of hydrogen-bond acceptors (Lipinski definition) is 3. The predicted molar refractivity (Wildman–Crippen MR) is 127 cm³/mol. The highest BCUT2D eigenvalue weighted by Gasteiger charge is 2.38. The molecule has 0 spiro atoms.